The predicted molar refractivity (Wildman–Crippen MR) is 87.3 cm³/mol. The summed E-state index contributed by atoms with van der Waals surface area (Å²) in [5.41, 5.74) is 3.23. The number of pyridine rings is 1. The van der Waals surface area contributed by atoms with Crippen molar-refractivity contribution in [3.8, 4) is 5.75 Å². The van der Waals surface area contributed by atoms with E-state index in [1.807, 2.05) is 31.2 Å². The highest BCUT2D eigenvalue weighted by molar-refractivity contribution is 9.10. The van der Waals surface area contributed by atoms with Gasteiger partial charge in [-0.2, -0.15) is 0 Å². The number of aryl methyl sites for hydroxylation is 1. The molecule has 1 aliphatic carbocycles. The molecule has 3 rings (SSSR count). The molecule has 1 aliphatic rings. The Kier molecular flexibility index (Phi) is 4.56. The van der Waals surface area contributed by atoms with Crippen LogP contribution in [-0.4, -0.2) is 11.0 Å². The van der Waals surface area contributed by atoms with Crippen LogP contribution in [0.3, 0.4) is 0 Å². The lowest BCUT2D eigenvalue weighted by molar-refractivity contribution is 0.299. The Morgan fingerprint density at radius 1 is 1.29 bits per heavy atom. The fraction of sp³-hybridized carbons (Fsp3) is 0.353. The first kappa shape index (κ1) is 14.5. The highest BCUT2D eigenvalue weighted by Gasteiger charge is 2.20. The Bertz CT molecular complexity index is 626. The quantitative estimate of drug-likeness (QED) is 0.858. The van der Waals surface area contributed by atoms with Gasteiger partial charge in [-0.1, -0.05) is 12.1 Å². The molecule has 0 atom stereocenters. The van der Waals surface area contributed by atoms with Crippen molar-refractivity contribution in [2.45, 2.75) is 39.0 Å². The van der Waals surface area contributed by atoms with Gasteiger partial charge in [0.1, 0.15) is 12.4 Å². The van der Waals surface area contributed by atoms with E-state index in [9.17, 15) is 0 Å². The van der Waals surface area contributed by atoms with Crippen molar-refractivity contribution in [2.75, 3.05) is 0 Å². The molecule has 0 saturated heterocycles. The average molecular weight is 347 g/mol. The van der Waals surface area contributed by atoms with E-state index in [1.54, 1.807) is 0 Å². The molecule has 1 fully saturated rings. The number of hydrogen-bond donors (Lipinski definition) is 1. The summed E-state index contributed by atoms with van der Waals surface area (Å²) < 4.78 is 6.83. The summed E-state index contributed by atoms with van der Waals surface area (Å²) in [6.07, 6.45) is 2.62. The standard InChI is InChI=1S/C17H19BrN2O/c1-12-3-2-4-15(20-12)11-21-17-8-5-13(9-16(17)18)10-19-14-6-7-14/h2-5,8-9,14,19H,6-7,10-11H2,1H3. The van der Waals surface area contributed by atoms with Crippen LogP contribution in [0, 0.1) is 6.92 Å². The van der Waals surface area contributed by atoms with Crippen molar-refractivity contribution in [1.82, 2.24) is 10.3 Å². The Labute approximate surface area is 133 Å². The molecule has 0 radical (unpaired) electrons. The molecule has 1 aromatic heterocycles. The summed E-state index contributed by atoms with van der Waals surface area (Å²) in [5.74, 6) is 0.855. The third-order valence-corrected chi connectivity index (χ3v) is 4.11. The Morgan fingerprint density at radius 3 is 2.86 bits per heavy atom. The zero-order chi connectivity index (χ0) is 14.7. The average Bonchev–Trinajstić information content (AvgIpc) is 3.28. The Morgan fingerprint density at radius 2 is 2.14 bits per heavy atom. The molecule has 2 aromatic rings. The second-order valence-corrected chi connectivity index (χ2v) is 6.33. The van der Waals surface area contributed by atoms with Gasteiger partial charge in [0.25, 0.3) is 0 Å². The molecule has 21 heavy (non-hydrogen) atoms. The van der Waals surface area contributed by atoms with Crippen LogP contribution in [0.1, 0.15) is 29.8 Å². The zero-order valence-corrected chi connectivity index (χ0v) is 13.7. The molecule has 0 aliphatic heterocycles. The minimum atomic E-state index is 0.486. The molecule has 1 saturated carbocycles. The molecule has 3 nitrogen and oxygen atoms in total. The van der Waals surface area contributed by atoms with Crippen molar-refractivity contribution >= 4 is 15.9 Å². The van der Waals surface area contributed by atoms with Gasteiger partial charge in [-0.25, -0.2) is 0 Å². The second kappa shape index (κ2) is 6.58. The number of ether oxygens (including phenoxy) is 1. The van der Waals surface area contributed by atoms with E-state index >= 15 is 0 Å². The molecule has 1 aromatic carbocycles. The fourth-order valence-electron chi connectivity index (χ4n) is 2.15. The van der Waals surface area contributed by atoms with Gasteiger partial charge in [-0.05, 0) is 65.5 Å². The van der Waals surface area contributed by atoms with E-state index in [2.05, 4.69) is 38.4 Å². The maximum Gasteiger partial charge on any atom is 0.134 e. The largest absolute Gasteiger partial charge is 0.486 e. The van der Waals surface area contributed by atoms with Gasteiger partial charge in [-0.3, -0.25) is 4.98 Å². The molecule has 0 spiro atoms. The Balaban J connectivity index is 1.59. The van der Waals surface area contributed by atoms with Gasteiger partial charge in [0.15, 0.2) is 0 Å². The first-order valence-electron chi connectivity index (χ1n) is 7.28. The molecule has 110 valence electrons. The molecule has 4 heteroatoms. The molecule has 1 heterocycles. The Hall–Kier alpha value is -1.39. The lowest BCUT2D eigenvalue weighted by Crippen LogP contribution is -2.15. The first-order valence-corrected chi connectivity index (χ1v) is 8.07. The number of benzene rings is 1. The van der Waals surface area contributed by atoms with Crippen LogP contribution >= 0.6 is 15.9 Å². The molecule has 0 amide bonds. The van der Waals surface area contributed by atoms with Crippen LogP contribution in [-0.2, 0) is 13.2 Å². The van der Waals surface area contributed by atoms with Gasteiger partial charge >= 0.3 is 0 Å². The van der Waals surface area contributed by atoms with E-state index in [0.717, 1.165) is 34.2 Å². The summed E-state index contributed by atoms with van der Waals surface area (Å²) in [5, 5.41) is 3.51. The lowest BCUT2D eigenvalue weighted by atomic mass is 10.2. The fourth-order valence-corrected chi connectivity index (χ4v) is 2.69. The molecule has 0 bridgehead atoms. The number of rotatable bonds is 6. The van der Waals surface area contributed by atoms with Crippen LogP contribution < -0.4 is 10.1 Å². The smallest absolute Gasteiger partial charge is 0.134 e. The monoisotopic (exact) mass is 346 g/mol. The van der Waals surface area contributed by atoms with E-state index in [4.69, 9.17) is 4.74 Å². The van der Waals surface area contributed by atoms with Gasteiger partial charge in [0.2, 0.25) is 0 Å². The number of aromatic nitrogens is 1. The minimum Gasteiger partial charge on any atom is -0.486 e. The molecular weight excluding hydrogens is 328 g/mol. The van der Waals surface area contributed by atoms with Crippen LogP contribution in [0.15, 0.2) is 40.9 Å². The van der Waals surface area contributed by atoms with Crippen LogP contribution in [0.25, 0.3) is 0 Å². The first-order chi connectivity index (χ1) is 10.2. The van der Waals surface area contributed by atoms with Crippen LogP contribution in [0.4, 0.5) is 0 Å². The number of halogens is 1. The van der Waals surface area contributed by atoms with Gasteiger partial charge in [0, 0.05) is 18.3 Å². The summed E-state index contributed by atoms with van der Waals surface area (Å²) in [7, 11) is 0. The number of nitrogens with zero attached hydrogens (tertiary/aromatic N) is 1. The summed E-state index contributed by atoms with van der Waals surface area (Å²) in [4.78, 5) is 4.44. The van der Waals surface area contributed by atoms with E-state index in [1.165, 1.54) is 18.4 Å². The molecular formula is C17H19BrN2O. The number of hydrogen-bond acceptors (Lipinski definition) is 3. The van der Waals surface area contributed by atoms with Crippen molar-refractivity contribution in [2.24, 2.45) is 0 Å². The third kappa shape index (κ3) is 4.29. The lowest BCUT2D eigenvalue weighted by Gasteiger charge is -2.10. The van der Waals surface area contributed by atoms with E-state index in [-0.39, 0.29) is 0 Å². The maximum absolute atomic E-state index is 5.84. The highest BCUT2D eigenvalue weighted by Crippen LogP contribution is 2.27. The summed E-state index contributed by atoms with van der Waals surface area (Å²) in [6, 6.07) is 12.9. The topological polar surface area (TPSA) is 34.1 Å². The third-order valence-electron chi connectivity index (χ3n) is 3.49. The van der Waals surface area contributed by atoms with Crippen LogP contribution in [0.2, 0.25) is 0 Å². The van der Waals surface area contributed by atoms with Gasteiger partial charge in [0.05, 0.1) is 10.2 Å². The van der Waals surface area contributed by atoms with Crippen molar-refractivity contribution in [3.05, 3.63) is 57.8 Å². The van der Waals surface area contributed by atoms with Crippen LogP contribution in [0.5, 0.6) is 5.75 Å². The van der Waals surface area contributed by atoms with E-state index in [0.29, 0.717) is 6.61 Å². The SMILES string of the molecule is Cc1cccc(COc2ccc(CNC3CC3)cc2Br)n1. The molecule has 1 N–H and O–H groups in total. The zero-order valence-electron chi connectivity index (χ0n) is 12.1. The van der Waals surface area contributed by atoms with Gasteiger partial charge < -0.3 is 10.1 Å². The van der Waals surface area contributed by atoms with Crippen molar-refractivity contribution in [1.29, 1.82) is 0 Å². The maximum atomic E-state index is 5.84. The summed E-state index contributed by atoms with van der Waals surface area (Å²) >= 11 is 3.58. The van der Waals surface area contributed by atoms with Crippen molar-refractivity contribution in [3.63, 3.8) is 0 Å². The highest BCUT2D eigenvalue weighted by atomic mass is 79.9. The van der Waals surface area contributed by atoms with Gasteiger partial charge in [-0.15, -0.1) is 0 Å². The second-order valence-electron chi connectivity index (χ2n) is 5.48. The normalized spacial score (nSPS) is 14.2. The predicted octanol–water partition coefficient (Wildman–Crippen LogP) is 3.98. The summed E-state index contributed by atoms with van der Waals surface area (Å²) in [6.45, 7) is 3.39. The molecule has 0 unspecified atom stereocenters. The van der Waals surface area contributed by atoms with Crippen molar-refractivity contribution < 1.29 is 4.74 Å². The minimum absolute atomic E-state index is 0.486. The number of nitrogens with one attached hydrogen (secondary N) is 1. The van der Waals surface area contributed by atoms with E-state index < -0.39 is 0 Å².